The molecule has 0 saturated heterocycles. The van der Waals surface area contributed by atoms with Gasteiger partial charge in [0.1, 0.15) is 11.3 Å². The van der Waals surface area contributed by atoms with Gasteiger partial charge in [-0.2, -0.15) is 0 Å². The quantitative estimate of drug-likeness (QED) is 0.465. The first-order valence-corrected chi connectivity index (χ1v) is 8.76. The molecule has 1 N–H and O–H groups in total. The summed E-state index contributed by atoms with van der Waals surface area (Å²) in [7, 11) is 4.09. The Morgan fingerprint density at radius 3 is 2.37 bits per heavy atom. The smallest absolute Gasteiger partial charge is 0.340 e. The average Bonchev–Trinajstić information content (AvgIpc) is 2.76. The molecule has 0 aliphatic rings. The van der Waals surface area contributed by atoms with Crippen LogP contribution in [0.4, 0.5) is 5.69 Å². The van der Waals surface area contributed by atoms with Crippen molar-refractivity contribution in [1.29, 1.82) is 0 Å². The highest BCUT2D eigenvalue weighted by molar-refractivity contribution is 6.02. The third kappa shape index (κ3) is 4.52. The second kappa shape index (κ2) is 8.99. The molecule has 0 bridgehead atoms. The molecule has 0 spiro atoms. The highest BCUT2D eigenvalue weighted by Crippen LogP contribution is 2.33. The van der Waals surface area contributed by atoms with E-state index in [9.17, 15) is 14.4 Å². The first kappa shape index (κ1) is 20.7. The predicted molar refractivity (Wildman–Crippen MR) is 107 cm³/mol. The summed E-state index contributed by atoms with van der Waals surface area (Å²) in [5.74, 6) is -0.207. The Balaban J connectivity index is 1.77. The first-order chi connectivity index (χ1) is 14.4. The number of nitrogens with one attached hydrogen (secondary N) is 1. The molecule has 1 heterocycles. The monoisotopic (exact) mass is 413 g/mol. The molecule has 2 aromatic carbocycles. The van der Waals surface area contributed by atoms with Crippen molar-refractivity contribution in [2.45, 2.75) is 0 Å². The Bertz CT molecular complexity index is 1150. The third-order valence-electron chi connectivity index (χ3n) is 4.17. The number of ether oxygens (including phenoxy) is 4. The molecule has 0 saturated carbocycles. The number of hydrogen-bond acceptors (Lipinski definition) is 8. The van der Waals surface area contributed by atoms with Crippen LogP contribution in [0.3, 0.4) is 0 Å². The zero-order valence-electron chi connectivity index (χ0n) is 16.5. The summed E-state index contributed by atoms with van der Waals surface area (Å²) in [6.07, 6.45) is 0. The number of esters is 1. The van der Waals surface area contributed by atoms with E-state index < -0.39 is 17.5 Å². The highest BCUT2D eigenvalue weighted by atomic mass is 16.5. The van der Waals surface area contributed by atoms with Crippen molar-refractivity contribution < 1.29 is 33.0 Å². The van der Waals surface area contributed by atoms with E-state index in [1.165, 1.54) is 45.6 Å². The molecule has 0 unspecified atom stereocenters. The van der Waals surface area contributed by atoms with E-state index in [0.717, 1.165) is 5.39 Å². The molecule has 3 aromatic rings. The van der Waals surface area contributed by atoms with Gasteiger partial charge < -0.3 is 28.7 Å². The largest absolute Gasteiger partial charge is 0.493 e. The fourth-order valence-electron chi connectivity index (χ4n) is 2.73. The molecule has 0 aliphatic carbocycles. The molecule has 0 atom stereocenters. The number of methoxy groups -OCH3 is 3. The van der Waals surface area contributed by atoms with Crippen LogP contribution in [0.2, 0.25) is 0 Å². The molecule has 156 valence electrons. The maximum atomic E-state index is 12.4. The second-order valence-electron chi connectivity index (χ2n) is 6.04. The Labute approximate surface area is 171 Å². The molecule has 30 heavy (non-hydrogen) atoms. The average molecular weight is 413 g/mol. The van der Waals surface area contributed by atoms with Crippen LogP contribution in [0.1, 0.15) is 10.4 Å². The van der Waals surface area contributed by atoms with Crippen LogP contribution in [0.5, 0.6) is 17.2 Å². The number of benzene rings is 2. The number of carbonyl (C=O) groups is 2. The van der Waals surface area contributed by atoms with Crippen molar-refractivity contribution in [2.75, 3.05) is 33.3 Å². The number of fused-ring (bicyclic) bond motifs is 1. The Kier molecular flexibility index (Phi) is 6.21. The molecule has 9 nitrogen and oxygen atoms in total. The SMILES string of the molecule is COC(=O)c1cc(OC)c(OC)cc1NC(=O)COc1ccc2ccc(=O)oc2c1. The Morgan fingerprint density at radius 2 is 1.67 bits per heavy atom. The molecular formula is C21H19NO8. The maximum Gasteiger partial charge on any atom is 0.340 e. The number of anilines is 1. The maximum absolute atomic E-state index is 12.4. The van der Waals surface area contributed by atoms with Crippen LogP contribution in [-0.2, 0) is 9.53 Å². The molecular weight excluding hydrogens is 394 g/mol. The molecule has 0 aliphatic heterocycles. The topological polar surface area (TPSA) is 113 Å². The zero-order valence-corrected chi connectivity index (χ0v) is 16.5. The minimum absolute atomic E-state index is 0.0935. The highest BCUT2D eigenvalue weighted by Gasteiger charge is 2.19. The summed E-state index contributed by atoms with van der Waals surface area (Å²) in [5.41, 5.74) is 0.128. The fourth-order valence-corrected chi connectivity index (χ4v) is 2.73. The van der Waals surface area contributed by atoms with Gasteiger partial charge in [0.25, 0.3) is 5.91 Å². The lowest BCUT2D eigenvalue weighted by Gasteiger charge is -2.15. The summed E-state index contributed by atoms with van der Waals surface area (Å²) in [6, 6.07) is 10.7. The molecule has 0 fully saturated rings. The summed E-state index contributed by atoms with van der Waals surface area (Å²) in [6.45, 7) is -0.350. The number of hydrogen-bond donors (Lipinski definition) is 1. The van der Waals surface area contributed by atoms with Crippen molar-refractivity contribution in [3.05, 3.63) is 58.4 Å². The van der Waals surface area contributed by atoms with Gasteiger partial charge in [-0.05, 0) is 18.2 Å². The number of carbonyl (C=O) groups excluding carboxylic acids is 2. The molecule has 1 amide bonds. The van der Waals surface area contributed by atoms with Crippen LogP contribution < -0.4 is 25.2 Å². The van der Waals surface area contributed by atoms with Crippen LogP contribution in [0, 0.1) is 0 Å². The minimum Gasteiger partial charge on any atom is -0.493 e. The Hall–Kier alpha value is -4.01. The third-order valence-corrected chi connectivity index (χ3v) is 4.17. The molecule has 1 aromatic heterocycles. The van der Waals surface area contributed by atoms with Gasteiger partial charge >= 0.3 is 11.6 Å². The van der Waals surface area contributed by atoms with E-state index in [4.69, 9.17) is 23.4 Å². The van der Waals surface area contributed by atoms with Crippen LogP contribution in [-0.4, -0.2) is 39.8 Å². The lowest BCUT2D eigenvalue weighted by molar-refractivity contribution is -0.118. The second-order valence-corrected chi connectivity index (χ2v) is 6.04. The summed E-state index contributed by atoms with van der Waals surface area (Å²) in [5, 5.41) is 3.32. The molecule has 9 heteroatoms. The van der Waals surface area contributed by atoms with Crippen molar-refractivity contribution in [2.24, 2.45) is 0 Å². The predicted octanol–water partition coefficient (Wildman–Crippen LogP) is 2.61. The van der Waals surface area contributed by atoms with Gasteiger partial charge in [-0.3, -0.25) is 4.79 Å². The summed E-state index contributed by atoms with van der Waals surface area (Å²) < 4.78 is 25.7. The van der Waals surface area contributed by atoms with Gasteiger partial charge in [0.2, 0.25) is 0 Å². The van der Waals surface area contributed by atoms with Gasteiger partial charge in [0.15, 0.2) is 18.1 Å². The first-order valence-electron chi connectivity index (χ1n) is 8.76. The van der Waals surface area contributed by atoms with E-state index >= 15 is 0 Å². The standard InChI is InChI=1S/C21H19NO8/c1-26-17-9-14(21(25)28-3)15(10-18(17)27-2)22-19(23)11-29-13-6-4-12-5-7-20(24)30-16(12)8-13/h4-10H,11H2,1-3H3,(H,22,23). The van der Waals surface area contributed by atoms with Crippen molar-refractivity contribution >= 4 is 28.5 Å². The van der Waals surface area contributed by atoms with Gasteiger partial charge in [0, 0.05) is 29.7 Å². The fraction of sp³-hybridized carbons (Fsp3) is 0.190. The van der Waals surface area contributed by atoms with E-state index in [0.29, 0.717) is 22.8 Å². The van der Waals surface area contributed by atoms with E-state index in [1.807, 2.05) is 0 Å². The van der Waals surface area contributed by atoms with Gasteiger partial charge in [-0.15, -0.1) is 0 Å². The van der Waals surface area contributed by atoms with Gasteiger partial charge in [-0.1, -0.05) is 0 Å². The Morgan fingerprint density at radius 1 is 0.967 bits per heavy atom. The van der Waals surface area contributed by atoms with Crippen molar-refractivity contribution in [3.63, 3.8) is 0 Å². The summed E-state index contributed by atoms with van der Waals surface area (Å²) >= 11 is 0. The van der Waals surface area contributed by atoms with Crippen LogP contribution in [0.15, 0.2) is 51.7 Å². The lowest BCUT2D eigenvalue weighted by Crippen LogP contribution is -2.22. The lowest BCUT2D eigenvalue weighted by atomic mass is 10.1. The minimum atomic E-state index is -0.656. The normalized spacial score (nSPS) is 10.4. The van der Waals surface area contributed by atoms with Crippen LogP contribution in [0.25, 0.3) is 11.0 Å². The number of rotatable bonds is 7. The summed E-state index contributed by atoms with van der Waals surface area (Å²) in [4.78, 5) is 35.8. The van der Waals surface area contributed by atoms with Crippen molar-refractivity contribution in [3.8, 4) is 17.2 Å². The molecule has 0 radical (unpaired) electrons. The van der Waals surface area contributed by atoms with Crippen molar-refractivity contribution in [1.82, 2.24) is 0 Å². The zero-order chi connectivity index (χ0) is 21.7. The van der Waals surface area contributed by atoms with E-state index in [1.54, 1.807) is 18.2 Å². The van der Waals surface area contributed by atoms with Crippen LogP contribution >= 0.6 is 0 Å². The van der Waals surface area contributed by atoms with E-state index in [2.05, 4.69) is 5.32 Å². The van der Waals surface area contributed by atoms with Gasteiger partial charge in [-0.25, -0.2) is 9.59 Å². The number of amides is 1. The van der Waals surface area contributed by atoms with E-state index in [-0.39, 0.29) is 17.9 Å². The van der Waals surface area contributed by atoms with Gasteiger partial charge in [0.05, 0.1) is 32.6 Å². The molecule has 3 rings (SSSR count).